The summed E-state index contributed by atoms with van der Waals surface area (Å²) in [6.07, 6.45) is 2.96. The largest absolute Gasteiger partial charge is 0.478 e. The van der Waals surface area contributed by atoms with Gasteiger partial charge in [-0.05, 0) is 47.9 Å². The van der Waals surface area contributed by atoms with E-state index in [1.165, 1.54) is 4.88 Å². The number of carbonyl (C=O) groups is 1. The molecule has 0 radical (unpaired) electrons. The molecule has 0 atom stereocenters. The summed E-state index contributed by atoms with van der Waals surface area (Å²) < 4.78 is 0. The molecule has 1 heterocycles. The Hall–Kier alpha value is -1.81. The highest BCUT2D eigenvalue weighted by molar-refractivity contribution is 7.16. The Morgan fingerprint density at radius 1 is 1.30 bits per heavy atom. The van der Waals surface area contributed by atoms with E-state index in [2.05, 4.69) is 19.9 Å². The molecule has 0 aliphatic heterocycles. The monoisotopic (exact) mass is 329 g/mol. The second kappa shape index (κ2) is 5.68. The van der Waals surface area contributed by atoms with Crippen LogP contribution >= 0.6 is 11.3 Å². The second-order valence-corrected chi connectivity index (χ2v) is 8.40. The standard InChI is InChI=1S/C19H23NO2S/c1-19(2)9-8-15-14(11-19)16(18(21)22)17(23-15)12-6-5-7-13(10-12)20(3)4/h5-7,10H,8-9,11H2,1-4H3,(H,21,22). The molecule has 1 aliphatic rings. The molecule has 4 heteroatoms. The van der Waals surface area contributed by atoms with Crippen molar-refractivity contribution in [3.05, 3.63) is 40.3 Å². The molecule has 0 fully saturated rings. The van der Waals surface area contributed by atoms with Crippen LogP contribution in [0, 0.1) is 5.41 Å². The summed E-state index contributed by atoms with van der Waals surface area (Å²) >= 11 is 1.67. The van der Waals surface area contributed by atoms with Gasteiger partial charge < -0.3 is 10.0 Å². The van der Waals surface area contributed by atoms with Crippen LogP contribution in [0.15, 0.2) is 24.3 Å². The Morgan fingerprint density at radius 2 is 2.04 bits per heavy atom. The van der Waals surface area contributed by atoms with Crippen molar-refractivity contribution < 1.29 is 9.90 Å². The molecule has 1 aromatic heterocycles. The third-order valence-electron chi connectivity index (χ3n) is 4.61. The fourth-order valence-corrected chi connectivity index (χ4v) is 4.58. The topological polar surface area (TPSA) is 40.5 Å². The van der Waals surface area contributed by atoms with Crippen LogP contribution in [-0.2, 0) is 12.8 Å². The molecule has 2 aromatic rings. The van der Waals surface area contributed by atoms with E-state index in [9.17, 15) is 9.90 Å². The lowest BCUT2D eigenvalue weighted by Gasteiger charge is -2.29. The number of carboxylic acid groups (broad SMARTS) is 1. The van der Waals surface area contributed by atoms with Crippen molar-refractivity contribution in [1.82, 2.24) is 0 Å². The quantitative estimate of drug-likeness (QED) is 0.888. The van der Waals surface area contributed by atoms with E-state index in [0.717, 1.165) is 41.0 Å². The summed E-state index contributed by atoms with van der Waals surface area (Å²) in [4.78, 5) is 16.2. The molecule has 3 rings (SSSR count). The first kappa shape index (κ1) is 16.1. The molecule has 1 aliphatic carbocycles. The van der Waals surface area contributed by atoms with Gasteiger partial charge in [0.05, 0.1) is 5.56 Å². The van der Waals surface area contributed by atoms with Gasteiger partial charge in [-0.3, -0.25) is 0 Å². The minimum Gasteiger partial charge on any atom is -0.478 e. The Labute approximate surface area is 141 Å². The van der Waals surface area contributed by atoms with Crippen molar-refractivity contribution in [2.24, 2.45) is 5.41 Å². The Balaban J connectivity index is 2.16. The molecule has 0 spiro atoms. The average Bonchev–Trinajstić information content (AvgIpc) is 2.84. The maximum Gasteiger partial charge on any atom is 0.337 e. The average molecular weight is 329 g/mol. The van der Waals surface area contributed by atoms with E-state index in [4.69, 9.17) is 0 Å². The first-order chi connectivity index (χ1) is 10.8. The number of fused-ring (bicyclic) bond motifs is 1. The molecule has 3 nitrogen and oxygen atoms in total. The SMILES string of the molecule is CN(C)c1cccc(-c2sc3c(c2C(=O)O)CC(C)(C)CC3)c1. The number of aryl methyl sites for hydroxylation is 1. The summed E-state index contributed by atoms with van der Waals surface area (Å²) in [5, 5.41) is 9.82. The number of hydrogen-bond donors (Lipinski definition) is 1. The number of thiophene rings is 1. The van der Waals surface area contributed by atoms with E-state index in [0.29, 0.717) is 5.56 Å². The zero-order valence-corrected chi connectivity index (χ0v) is 15.0. The van der Waals surface area contributed by atoms with E-state index in [1.807, 2.05) is 37.2 Å². The molecule has 0 saturated heterocycles. The van der Waals surface area contributed by atoms with Crippen LogP contribution in [0.4, 0.5) is 5.69 Å². The van der Waals surface area contributed by atoms with E-state index in [1.54, 1.807) is 11.3 Å². The van der Waals surface area contributed by atoms with Crippen molar-refractivity contribution >= 4 is 23.0 Å². The number of carboxylic acids is 1. The van der Waals surface area contributed by atoms with Gasteiger partial charge in [0.25, 0.3) is 0 Å². The Bertz CT molecular complexity index is 759. The molecule has 1 N–H and O–H groups in total. The first-order valence-electron chi connectivity index (χ1n) is 7.94. The van der Waals surface area contributed by atoms with Crippen molar-refractivity contribution in [1.29, 1.82) is 0 Å². The summed E-state index contributed by atoms with van der Waals surface area (Å²) in [5.74, 6) is -0.801. The molecule has 122 valence electrons. The van der Waals surface area contributed by atoms with Crippen LogP contribution in [0.3, 0.4) is 0 Å². The van der Waals surface area contributed by atoms with Crippen molar-refractivity contribution in [3.8, 4) is 10.4 Å². The van der Waals surface area contributed by atoms with Crippen LogP contribution in [0.25, 0.3) is 10.4 Å². The van der Waals surface area contributed by atoms with Crippen LogP contribution in [0.5, 0.6) is 0 Å². The predicted octanol–water partition coefficient (Wildman–Crippen LogP) is 4.69. The number of nitrogens with zero attached hydrogens (tertiary/aromatic N) is 1. The molecular weight excluding hydrogens is 306 g/mol. The maximum atomic E-state index is 12.0. The van der Waals surface area contributed by atoms with E-state index >= 15 is 0 Å². The highest BCUT2D eigenvalue weighted by atomic mass is 32.1. The van der Waals surface area contributed by atoms with Crippen LogP contribution < -0.4 is 4.90 Å². The summed E-state index contributed by atoms with van der Waals surface area (Å²) in [6.45, 7) is 4.46. The van der Waals surface area contributed by atoms with Crippen LogP contribution in [0.2, 0.25) is 0 Å². The number of benzene rings is 1. The Kier molecular flexibility index (Phi) is 3.96. The van der Waals surface area contributed by atoms with Crippen molar-refractivity contribution in [3.63, 3.8) is 0 Å². The lowest BCUT2D eigenvalue weighted by Crippen LogP contribution is -2.22. The Morgan fingerprint density at radius 3 is 2.70 bits per heavy atom. The fraction of sp³-hybridized carbons (Fsp3) is 0.421. The van der Waals surface area contributed by atoms with Crippen LogP contribution in [-0.4, -0.2) is 25.2 Å². The lowest BCUT2D eigenvalue weighted by molar-refractivity contribution is 0.0696. The van der Waals surface area contributed by atoms with Crippen LogP contribution in [0.1, 0.15) is 41.1 Å². The second-order valence-electron chi connectivity index (χ2n) is 7.30. The minimum atomic E-state index is -0.801. The summed E-state index contributed by atoms with van der Waals surface area (Å²) in [5.41, 5.74) is 3.86. The number of aromatic carboxylic acids is 1. The zero-order valence-electron chi connectivity index (χ0n) is 14.1. The van der Waals surface area contributed by atoms with Gasteiger partial charge in [0, 0.05) is 29.5 Å². The number of hydrogen-bond acceptors (Lipinski definition) is 3. The third-order valence-corrected chi connectivity index (χ3v) is 5.95. The minimum absolute atomic E-state index is 0.182. The lowest BCUT2D eigenvalue weighted by atomic mass is 9.76. The number of anilines is 1. The van der Waals surface area contributed by atoms with Crippen molar-refractivity contribution in [2.45, 2.75) is 33.1 Å². The molecular formula is C19H23NO2S. The highest BCUT2D eigenvalue weighted by Gasteiger charge is 2.32. The number of rotatable bonds is 3. The molecule has 1 aromatic carbocycles. The van der Waals surface area contributed by atoms with E-state index < -0.39 is 5.97 Å². The molecule has 0 bridgehead atoms. The van der Waals surface area contributed by atoms with Gasteiger partial charge in [0.15, 0.2) is 0 Å². The van der Waals surface area contributed by atoms with Gasteiger partial charge in [-0.2, -0.15) is 0 Å². The molecule has 0 unspecified atom stereocenters. The van der Waals surface area contributed by atoms with Gasteiger partial charge in [0.1, 0.15) is 0 Å². The maximum absolute atomic E-state index is 12.0. The van der Waals surface area contributed by atoms with Gasteiger partial charge >= 0.3 is 5.97 Å². The van der Waals surface area contributed by atoms with Gasteiger partial charge in [0.2, 0.25) is 0 Å². The van der Waals surface area contributed by atoms with E-state index in [-0.39, 0.29) is 5.41 Å². The molecule has 23 heavy (non-hydrogen) atoms. The molecule has 0 saturated carbocycles. The fourth-order valence-electron chi connectivity index (χ4n) is 3.27. The van der Waals surface area contributed by atoms with Gasteiger partial charge in [-0.25, -0.2) is 4.79 Å². The smallest absolute Gasteiger partial charge is 0.337 e. The summed E-state index contributed by atoms with van der Waals surface area (Å²) in [6, 6.07) is 8.14. The first-order valence-corrected chi connectivity index (χ1v) is 8.76. The highest BCUT2D eigenvalue weighted by Crippen LogP contribution is 2.45. The van der Waals surface area contributed by atoms with Gasteiger partial charge in [-0.1, -0.05) is 26.0 Å². The molecule has 0 amide bonds. The third kappa shape index (κ3) is 3.00. The van der Waals surface area contributed by atoms with Crippen molar-refractivity contribution in [2.75, 3.05) is 19.0 Å². The zero-order chi connectivity index (χ0) is 16.8. The predicted molar refractivity (Wildman–Crippen MR) is 96.8 cm³/mol. The summed E-state index contributed by atoms with van der Waals surface area (Å²) in [7, 11) is 4.00. The van der Waals surface area contributed by atoms with Gasteiger partial charge in [-0.15, -0.1) is 11.3 Å². The normalized spacial score (nSPS) is 16.0.